The minimum absolute atomic E-state index is 0.00806. The van der Waals surface area contributed by atoms with Crippen LogP contribution in [0.2, 0.25) is 0 Å². The molecule has 0 saturated carbocycles. The van der Waals surface area contributed by atoms with E-state index in [0.717, 1.165) is 18.5 Å². The van der Waals surface area contributed by atoms with Crippen molar-refractivity contribution in [3.05, 3.63) is 28.9 Å². The highest BCUT2D eigenvalue weighted by molar-refractivity contribution is 7.15. The first-order valence-corrected chi connectivity index (χ1v) is 9.34. The molecule has 0 unspecified atom stereocenters. The number of carbonyl (C=O) groups excluding carboxylic acids is 1. The third-order valence-electron chi connectivity index (χ3n) is 4.31. The number of rotatable bonds is 5. The second-order valence-corrected chi connectivity index (χ2v) is 7.59. The quantitative estimate of drug-likeness (QED) is 0.860. The predicted molar refractivity (Wildman–Crippen MR) is 96.7 cm³/mol. The Labute approximate surface area is 155 Å². The summed E-state index contributed by atoms with van der Waals surface area (Å²) in [5.74, 6) is -0.223. The Bertz CT molecular complexity index is 784. The van der Waals surface area contributed by atoms with Crippen molar-refractivity contribution in [2.24, 2.45) is 0 Å². The van der Waals surface area contributed by atoms with Gasteiger partial charge in [0, 0.05) is 37.8 Å². The Hall–Kier alpha value is -2.13. The van der Waals surface area contributed by atoms with Gasteiger partial charge in [0.25, 0.3) is 0 Å². The van der Waals surface area contributed by atoms with Gasteiger partial charge in [0.15, 0.2) is 5.13 Å². The van der Waals surface area contributed by atoms with Crippen molar-refractivity contribution in [1.82, 2.24) is 19.9 Å². The average molecular weight is 379 g/mol. The number of carbonyl (C=O) groups is 1. The van der Waals surface area contributed by atoms with Gasteiger partial charge in [-0.05, 0) is 26.7 Å². The number of nitrogens with zero attached hydrogens (tertiary/aromatic N) is 4. The number of hydrogen-bond acceptors (Lipinski definition) is 7. The van der Waals surface area contributed by atoms with Crippen LogP contribution in [0.3, 0.4) is 0 Å². The zero-order valence-electron chi connectivity index (χ0n) is 15.0. The number of amides is 1. The second-order valence-electron chi connectivity index (χ2n) is 6.51. The summed E-state index contributed by atoms with van der Waals surface area (Å²) < 4.78 is 20.1. The van der Waals surface area contributed by atoms with Gasteiger partial charge in [-0.3, -0.25) is 9.69 Å². The number of halogens is 1. The molecule has 1 saturated heterocycles. The maximum Gasteiger partial charge on any atom is 0.230 e. The van der Waals surface area contributed by atoms with Crippen LogP contribution in [0.1, 0.15) is 37.3 Å². The molecule has 1 aliphatic heterocycles. The van der Waals surface area contributed by atoms with Gasteiger partial charge in [0.2, 0.25) is 17.7 Å². The number of aromatic nitrogens is 3. The molecule has 7 nitrogen and oxygen atoms in total. The molecular weight excluding hydrogens is 357 g/mol. The lowest BCUT2D eigenvalue weighted by atomic mass is 10.0. The van der Waals surface area contributed by atoms with Crippen molar-refractivity contribution >= 4 is 22.4 Å². The van der Waals surface area contributed by atoms with Crippen LogP contribution in [0, 0.1) is 12.9 Å². The summed E-state index contributed by atoms with van der Waals surface area (Å²) in [5, 5.41) is 2.82. The molecule has 140 valence electrons. The summed E-state index contributed by atoms with van der Waals surface area (Å²) in [6.45, 7) is 6.51. The molecule has 3 heterocycles. The first-order valence-electron chi connectivity index (χ1n) is 8.53. The van der Waals surface area contributed by atoms with E-state index in [2.05, 4.69) is 32.1 Å². The lowest BCUT2D eigenvalue weighted by Crippen LogP contribution is -2.45. The zero-order chi connectivity index (χ0) is 18.7. The molecule has 9 heteroatoms. The molecule has 1 N–H and O–H groups in total. The van der Waals surface area contributed by atoms with Crippen LogP contribution in [0.25, 0.3) is 0 Å². The molecule has 0 aromatic carbocycles. The third-order valence-corrected chi connectivity index (χ3v) is 5.24. The largest absolute Gasteiger partial charge is 0.473 e. The van der Waals surface area contributed by atoms with Gasteiger partial charge in [0.05, 0.1) is 4.88 Å². The summed E-state index contributed by atoms with van der Waals surface area (Å²) in [6, 6.07) is 2.12. The lowest BCUT2D eigenvalue weighted by Gasteiger charge is -2.37. The van der Waals surface area contributed by atoms with E-state index in [4.69, 9.17) is 4.74 Å². The smallest absolute Gasteiger partial charge is 0.230 e. The molecule has 26 heavy (non-hydrogen) atoms. The summed E-state index contributed by atoms with van der Waals surface area (Å²) in [5.41, 5.74) is 0.855. The van der Waals surface area contributed by atoms with Crippen LogP contribution in [-0.4, -0.2) is 44.4 Å². The number of likely N-dealkylation sites (tertiary alicyclic amines) is 1. The number of aryl methyl sites for hydroxylation is 1. The van der Waals surface area contributed by atoms with Crippen molar-refractivity contribution in [3.8, 4) is 5.88 Å². The average Bonchev–Trinajstić information content (AvgIpc) is 2.89. The first-order chi connectivity index (χ1) is 12.4. The lowest BCUT2D eigenvalue weighted by molar-refractivity contribution is -0.114. The Kier molecular flexibility index (Phi) is 5.77. The number of thiazole rings is 1. The molecule has 0 aliphatic carbocycles. The molecule has 0 spiro atoms. The normalized spacial score (nSPS) is 20.8. The molecule has 0 bridgehead atoms. The highest BCUT2D eigenvalue weighted by Crippen LogP contribution is 2.27. The van der Waals surface area contributed by atoms with Crippen molar-refractivity contribution in [1.29, 1.82) is 0 Å². The number of hydrogen-bond donors (Lipinski definition) is 1. The summed E-state index contributed by atoms with van der Waals surface area (Å²) in [7, 11) is 0. The third kappa shape index (κ3) is 4.73. The van der Waals surface area contributed by atoms with Crippen LogP contribution >= 0.6 is 11.3 Å². The van der Waals surface area contributed by atoms with E-state index < -0.39 is 5.95 Å². The van der Waals surface area contributed by atoms with Crippen molar-refractivity contribution in [3.63, 3.8) is 0 Å². The number of nitrogens with one attached hydrogen (secondary N) is 1. The molecule has 3 rings (SSSR count). The molecule has 2 atom stereocenters. The fourth-order valence-corrected chi connectivity index (χ4v) is 3.86. The van der Waals surface area contributed by atoms with E-state index in [1.54, 1.807) is 0 Å². The van der Waals surface area contributed by atoms with Gasteiger partial charge >= 0.3 is 0 Å². The standard InChI is InChI=1S/C17H22FN5O2S/c1-10-6-15(20-9-19-10)25-13-5-4-11(2)23(7-13)8-14-16(18)22-17(26-14)21-12(3)24/h6,9,11,13H,4-5,7-8H2,1-3H3,(H,21,22,24)/t11-,13+/m0/s1. The van der Waals surface area contributed by atoms with Crippen LogP contribution in [0.15, 0.2) is 12.4 Å². The molecule has 2 aromatic heterocycles. The summed E-state index contributed by atoms with van der Waals surface area (Å²) in [4.78, 5) is 25.8. The van der Waals surface area contributed by atoms with Gasteiger partial charge < -0.3 is 10.1 Å². The molecule has 2 aromatic rings. The van der Waals surface area contributed by atoms with E-state index >= 15 is 0 Å². The SMILES string of the molecule is CC(=O)Nc1nc(F)c(CN2C[C@H](Oc3cc(C)ncn3)CC[C@@H]2C)s1. The van der Waals surface area contributed by atoms with E-state index in [9.17, 15) is 9.18 Å². The van der Waals surface area contributed by atoms with E-state index in [-0.39, 0.29) is 12.0 Å². The van der Waals surface area contributed by atoms with Gasteiger partial charge in [-0.2, -0.15) is 9.37 Å². The Morgan fingerprint density at radius 1 is 1.46 bits per heavy atom. The highest BCUT2D eigenvalue weighted by atomic mass is 32.1. The molecule has 1 amide bonds. The Morgan fingerprint density at radius 3 is 3.00 bits per heavy atom. The van der Waals surface area contributed by atoms with Gasteiger partial charge in [-0.25, -0.2) is 9.97 Å². The minimum atomic E-state index is -0.527. The van der Waals surface area contributed by atoms with E-state index in [1.165, 1.54) is 24.6 Å². The van der Waals surface area contributed by atoms with Crippen LogP contribution < -0.4 is 10.1 Å². The van der Waals surface area contributed by atoms with Crippen LogP contribution in [0.5, 0.6) is 5.88 Å². The summed E-state index contributed by atoms with van der Waals surface area (Å²) >= 11 is 1.17. The zero-order valence-corrected chi connectivity index (χ0v) is 15.8. The van der Waals surface area contributed by atoms with Crippen LogP contribution in [-0.2, 0) is 11.3 Å². The van der Waals surface area contributed by atoms with Crippen molar-refractivity contribution < 1.29 is 13.9 Å². The van der Waals surface area contributed by atoms with Crippen LogP contribution in [0.4, 0.5) is 9.52 Å². The Balaban J connectivity index is 1.65. The van der Waals surface area contributed by atoms with Gasteiger partial charge in [-0.15, -0.1) is 0 Å². The molecular formula is C17H22FN5O2S. The maximum atomic E-state index is 14.1. The fourth-order valence-electron chi connectivity index (χ4n) is 2.94. The molecule has 0 radical (unpaired) electrons. The van der Waals surface area contributed by atoms with Gasteiger partial charge in [0.1, 0.15) is 12.4 Å². The number of ether oxygens (including phenoxy) is 1. The maximum absolute atomic E-state index is 14.1. The monoisotopic (exact) mass is 379 g/mol. The molecule has 1 aliphatic rings. The number of piperidine rings is 1. The van der Waals surface area contributed by atoms with E-state index in [1.807, 2.05) is 13.0 Å². The van der Waals surface area contributed by atoms with Crippen molar-refractivity contribution in [2.75, 3.05) is 11.9 Å². The topological polar surface area (TPSA) is 80.2 Å². The minimum Gasteiger partial charge on any atom is -0.473 e. The second kappa shape index (κ2) is 8.05. The van der Waals surface area contributed by atoms with Gasteiger partial charge in [-0.1, -0.05) is 11.3 Å². The van der Waals surface area contributed by atoms with E-state index in [0.29, 0.717) is 35.0 Å². The van der Waals surface area contributed by atoms with Crippen molar-refractivity contribution in [2.45, 2.75) is 52.3 Å². The summed E-state index contributed by atoms with van der Waals surface area (Å²) in [6.07, 6.45) is 3.35. The first kappa shape index (κ1) is 18.7. The fraction of sp³-hybridized carbons (Fsp3) is 0.529. The Morgan fingerprint density at radius 2 is 2.27 bits per heavy atom. The molecule has 1 fully saturated rings. The predicted octanol–water partition coefficient (Wildman–Crippen LogP) is 2.77. The highest BCUT2D eigenvalue weighted by Gasteiger charge is 2.28. The number of anilines is 1.